The first-order valence-corrected chi connectivity index (χ1v) is 9.70. The van der Waals surface area contributed by atoms with E-state index in [1.807, 2.05) is 24.0 Å². The van der Waals surface area contributed by atoms with E-state index < -0.39 is 0 Å². The molecule has 1 fully saturated rings. The molecule has 0 amide bonds. The lowest BCUT2D eigenvalue weighted by atomic mass is 10.1. The normalized spacial score (nSPS) is 17.0. The molecule has 1 N–H and O–H groups in total. The lowest BCUT2D eigenvalue weighted by Gasteiger charge is -2.17. The molecule has 0 bridgehead atoms. The Labute approximate surface area is 156 Å². The highest BCUT2D eigenvalue weighted by Gasteiger charge is 2.25. The standard InChI is InChI=1S/C20H19N5S/c1-2-5-15(6-3-1)18-19(25(14-23-18)16-8-9-21-13-16)17-7-4-11-24(17)20-22-10-12-26-20/h1-7,10-12,14,16,21H,8-9,13H2/t16-/m1/s1. The third-order valence-corrected chi connectivity index (χ3v) is 5.66. The summed E-state index contributed by atoms with van der Waals surface area (Å²) < 4.78 is 4.49. The zero-order chi connectivity index (χ0) is 17.3. The topological polar surface area (TPSA) is 47.7 Å². The molecule has 5 rings (SSSR count). The quantitative estimate of drug-likeness (QED) is 0.598. The molecule has 6 heteroatoms. The van der Waals surface area contributed by atoms with Gasteiger partial charge in [0.1, 0.15) is 0 Å². The summed E-state index contributed by atoms with van der Waals surface area (Å²) in [5, 5.41) is 6.45. The van der Waals surface area contributed by atoms with Crippen LogP contribution in [0.1, 0.15) is 12.5 Å². The van der Waals surface area contributed by atoms with E-state index in [2.05, 4.69) is 62.0 Å². The summed E-state index contributed by atoms with van der Waals surface area (Å²) in [6.45, 7) is 2.03. The van der Waals surface area contributed by atoms with E-state index in [1.165, 1.54) is 0 Å². The summed E-state index contributed by atoms with van der Waals surface area (Å²) in [6.07, 6.45) is 7.04. The van der Waals surface area contributed by atoms with E-state index in [0.717, 1.165) is 47.3 Å². The van der Waals surface area contributed by atoms with E-state index in [4.69, 9.17) is 4.98 Å². The highest BCUT2D eigenvalue weighted by atomic mass is 32.1. The molecule has 4 aromatic rings. The van der Waals surface area contributed by atoms with Gasteiger partial charge in [-0.2, -0.15) is 0 Å². The SMILES string of the molecule is c1ccc(-c2ncn([C@@H]3CCNC3)c2-c2cccn2-c2nccs2)cc1. The molecular weight excluding hydrogens is 342 g/mol. The Balaban J connectivity index is 1.72. The van der Waals surface area contributed by atoms with Crippen molar-refractivity contribution in [2.24, 2.45) is 0 Å². The Morgan fingerprint density at radius 2 is 2.00 bits per heavy atom. The summed E-state index contributed by atoms with van der Waals surface area (Å²) in [5.74, 6) is 0. The molecule has 5 nitrogen and oxygen atoms in total. The first-order valence-electron chi connectivity index (χ1n) is 8.82. The number of benzene rings is 1. The van der Waals surface area contributed by atoms with Crippen LogP contribution in [0.25, 0.3) is 27.8 Å². The fraction of sp³-hybridized carbons (Fsp3) is 0.200. The number of nitrogens with zero attached hydrogens (tertiary/aromatic N) is 4. The Hall–Kier alpha value is -2.70. The molecule has 1 aliphatic rings. The second-order valence-corrected chi connectivity index (χ2v) is 7.31. The van der Waals surface area contributed by atoms with Crippen molar-refractivity contribution in [3.63, 3.8) is 0 Å². The van der Waals surface area contributed by atoms with Gasteiger partial charge >= 0.3 is 0 Å². The van der Waals surface area contributed by atoms with Crippen molar-refractivity contribution in [2.45, 2.75) is 12.5 Å². The highest BCUT2D eigenvalue weighted by molar-refractivity contribution is 7.12. The zero-order valence-corrected chi connectivity index (χ0v) is 15.1. The van der Waals surface area contributed by atoms with Gasteiger partial charge in [-0.1, -0.05) is 30.3 Å². The minimum absolute atomic E-state index is 0.426. The van der Waals surface area contributed by atoms with Gasteiger partial charge in [0.05, 0.1) is 23.4 Å². The maximum Gasteiger partial charge on any atom is 0.194 e. The maximum atomic E-state index is 4.81. The van der Waals surface area contributed by atoms with E-state index in [9.17, 15) is 0 Å². The molecule has 3 aromatic heterocycles. The average molecular weight is 361 g/mol. The van der Waals surface area contributed by atoms with E-state index in [0.29, 0.717) is 6.04 Å². The number of rotatable bonds is 4. The molecular formula is C20H19N5S. The van der Waals surface area contributed by atoms with Crippen LogP contribution >= 0.6 is 11.3 Å². The molecule has 0 aliphatic carbocycles. The summed E-state index contributed by atoms with van der Waals surface area (Å²) in [4.78, 5) is 9.31. The predicted molar refractivity (Wildman–Crippen MR) is 105 cm³/mol. The summed E-state index contributed by atoms with van der Waals surface area (Å²) in [5.41, 5.74) is 4.45. The number of nitrogens with one attached hydrogen (secondary N) is 1. The van der Waals surface area contributed by atoms with Gasteiger partial charge in [-0.15, -0.1) is 11.3 Å². The number of imidazole rings is 1. The largest absolute Gasteiger partial charge is 0.324 e. The lowest BCUT2D eigenvalue weighted by molar-refractivity contribution is 0.550. The Kier molecular flexibility index (Phi) is 3.92. The van der Waals surface area contributed by atoms with Crippen LogP contribution in [0, 0.1) is 0 Å². The van der Waals surface area contributed by atoms with Crippen LogP contribution < -0.4 is 5.32 Å². The first-order chi connectivity index (χ1) is 12.9. The first kappa shape index (κ1) is 15.5. The fourth-order valence-corrected chi connectivity index (χ4v) is 4.29. The van der Waals surface area contributed by atoms with Gasteiger partial charge in [0.2, 0.25) is 0 Å². The van der Waals surface area contributed by atoms with Crippen LogP contribution in [0.5, 0.6) is 0 Å². The molecule has 1 aliphatic heterocycles. The van der Waals surface area contributed by atoms with E-state index >= 15 is 0 Å². The van der Waals surface area contributed by atoms with Gasteiger partial charge in [0.25, 0.3) is 0 Å². The van der Waals surface area contributed by atoms with Crippen molar-refractivity contribution in [1.82, 2.24) is 24.4 Å². The van der Waals surface area contributed by atoms with Crippen LogP contribution in [0.3, 0.4) is 0 Å². The van der Waals surface area contributed by atoms with Crippen LogP contribution in [-0.4, -0.2) is 32.2 Å². The van der Waals surface area contributed by atoms with Gasteiger partial charge < -0.3 is 9.88 Å². The molecule has 0 radical (unpaired) electrons. The van der Waals surface area contributed by atoms with E-state index in [-0.39, 0.29) is 0 Å². The molecule has 0 spiro atoms. The van der Waals surface area contributed by atoms with Crippen molar-refractivity contribution in [2.75, 3.05) is 13.1 Å². The van der Waals surface area contributed by atoms with Crippen molar-refractivity contribution in [1.29, 1.82) is 0 Å². The molecule has 1 atom stereocenters. The lowest BCUT2D eigenvalue weighted by Crippen LogP contribution is -2.14. The second-order valence-electron chi connectivity index (χ2n) is 6.44. The monoisotopic (exact) mass is 361 g/mol. The third kappa shape index (κ3) is 2.58. The van der Waals surface area contributed by atoms with Crippen LogP contribution in [0.4, 0.5) is 0 Å². The van der Waals surface area contributed by atoms with Crippen molar-refractivity contribution < 1.29 is 0 Å². The molecule has 26 heavy (non-hydrogen) atoms. The maximum absolute atomic E-state index is 4.81. The molecule has 4 heterocycles. The average Bonchev–Trinajstić information content (AvgIpc) is 3.48. The number of aromatic nitrogens is 4. The number of hydrogen-bond donors (Lipinski definition) is 1. The summed E-state index contributed by atoms with van der Waals surface area (Å²) >= 11 is 1.64. The number of hydrogen-bond acceptors (Lipinski definition) is 4. The smallest absolute Gasteiger partial charge is 0.194 e. The van der Waals surface area contributed by atoms with Crippen molar-refractivity contribution in [3.05, 3.63) is 66.6 Å². The molecule has 0 saturated carbocycles. The van der Waals surface area contributed by atoms with Crippen molar-refractivity contribution in [3.8, 4) is 27.8 Å². The van der Waals surface area contributed by atoms with Crippen molar-refractivity contribution >= 4 is 11.3 Å². The van der Waals surface area contributed by atoms with Gasteiger partial charge in [0, 0.05) is 35.9 Å². The predicted octanol–water partition coefficient (Wildman–Crippen LogP) is 4.00. The van der Waals surface area contributed by atoms with Gasteiger partial charge in [-0.3, -0.25) is 4.57 Å². The Morgan fingerprint density at radius 1 is 1.08 bits per heavy atom. The molecule has 130 valence electrons. The Morgan fingerprint density at radius 3 is 2.77 bits per heavy atom. The fourth-order valence-electron chi connectivity index (χ4n) is 3.65. The zero-order valence-electron chi connectivity index (χ0n) is 14.2. The van der Waals surface area contributed by atoms with Gasteiger partial charge in [-0.05, 0) is 25.1 Å². The second kappa shape index (κ2) is 6.55. The van der Waals surface area contributed by atoms with E-state index in [1.54, 1.807) is 11.3 Å². The minimum Gasteiger partial charge on any atom is -0.324 e. The van der Waals surface area contributed by atoms with Crippen LogP contribution in [0.15, 0.2) is 66.6 Å². The number of thiazole rings is 1. The van der Waals surface area contributed by atoms with Crippen LogP contribution in [0.2, 0.25) is 0 Å². The Bertz CT molecular complexity index is 994. The molecule has 1 saturated heterocycles. The summed E-state index contributed by atoms with van der Waals surface area (Å²) in [7, 11) is 0. The third-order valence-electron chi connectivity index (χ3n) is 4.89. The van der Waals surface area contributed by atoms with Crippen LogP contribution in [-0.2, 0) is 0 Å². The van der Waals surface area contributed by atoms with Gasteiger partial charge in [0.15, 0.2) is 5.13 Å². The van der Waals surface area contributed by atoms with Gasteiger partial charge in [-0.25, -0.2) is 9.97 Å². The molecule has 1 aromatic carbocycles. The summed E-state index contributed by atoms with van der Waals surface area (Å²) in [6, 6.07) is 15.1. The molecule has 0 unspecified atom stereocenters. The highest BCUT2D eigenvalue weighted by Crippen LogP contribution is 2.36. The minimum atomic E-state index is 0.426.